The second kappa shape index (κ2) is 8.41. The van der Waals surface area contributed by atoms with Gasteiger partial charge in [-0.3, -0.25) is 5.43 Å². The smallest absolute Gasteiger partial charge is 0.191 e. The minimum atomic E-state index is 0.404. The Morgan fingerprint density at radius 2 is 1.91 bits per heavy atom. The van der Waals surface area contributed by atoms with Crippen molar-refractivity contribution >= 4 is 41.0 Å². The number of methoxy groups -OCH3 is 1. The molecular weight excluding hydrogens is 314 g/mol. The molecule has 0 aliphatic heterocycles. The molecule has 0 aliphatic rings. The van der Waals surface area contributed by atoms with Gasteiger partial charge in [-0.2, -0.15) is 5.10 Å². The van der Waals surface area contributed by atoms with Gasteiger partial charge in [-0.25, -0.2) is 0 Å². The Morgan fingerprint density at radius 1 is 1.18 bits per heavy atom. The van der Waals surface area contributed by atoms with E-state index in [-0.39, 0.29) is 0 Å². The molecular formula is C16H17N3OS2. The summed E-state index contributed by atoms with van der Waals surface area (Å²) in [6.07, 6.45) is 3.77. The molecule has 0 radical (unpaired) electrons. The lowest BCUT2D eigenvalue weighted by atomic mass is 10.2. The van der Waals surface area contributed by atoms with Gasteiger partial charge in [0.15, 0.2) is 5.11 Å². The number of nitrogens with zero attached hydrogens (tertiary/aromatic N) is 1. The number of nitrogens with one attached hydrogen (secondary N) is 2. The Kier molecular flexibility index (Phi) is 6.24. The Bertz CT molecular complexity index is 657. The Balaban J connectivity index is 1.90. The van der Waals surface area contributed by atoms with E-state index in [9.17, 15) is 0 Å². The van der Waals surface area contributed by atoms with Crippen LogP contribution in [-0.2, 0) is 0 Å². The van der Waals surface area contributed by atoms with Crippen LogP contribution in [0.4, 0.5) is 5.69 Å². The van der Waals surface area contributed by atoms with Gasteiger partial charge >= 0.3 is 0 Å². The highest BCUT2D eigenvalue weighted by molar-refractivity contribution is 7.98. The van der Waals surface area contributed by atoms with Crippen LogP contribution in [0.5, 0.6) is 5.75 Å². The van der Waals surface area contributed by atoms with Gasteiger partial charge in [0, 0.05) is 4.90 Å². The summed E-state index contributed by atoms with van der Waals surface area (Å²) in [4.78, 5) is 1.22. The number of ether oxygens (including phenoxy) is 1. The van der Waals surface area contributed by atoms with Gasteiger partial charge in [-0.1, -0.05) is 24.3 Å². The largest absolute Gasteiger partial charge is 0.495 e. The average Bonchev–Trinajstić information content (AvgIpc) is 2.56. The fourth-order valence-corrected chi connectivity index (χ4v) is 2.32. The molecule has 0 saturated carbocycles. The standard InChI is InChI=1S/C16H17N3OS2/c1-20-15-6-4-3-5-14(15)18-16(21)19-17-11-12-7-9-13(22-2)10-8-12/h3-11H,1-2H3,(H2,18,19,21)/b17-11+. The minimum Gasteiger partial charge on any atom is -0.495 e. The fraction of sp³-hybridized carbons (Fsp3) is 0.125. The molecule has 2 aromatic carbocycles. The quantitative estimate of drug-likeness (QED) is 0.378. The molecule has 2 rings (SSSR count). The number of rotatable bonds is 5. The van der Waals surface area contributed by atoms with Gasteiger partial charge < -0.3 is 10.1 Å². The topological polar surface area (TPSA) is 45.6 Å². The van der Waals surface area contributed by atoms with Crippen LogP contribution in [0, 0.1) is 0 Å². The molecule has 0 heterocycles. The highest BCUT2D eigenvalue weighted by Gasteiger charge is 2.02. The van der Waals surface area contributed by atoms with Crippen molar-refractivity contribution < 1.29 is 4.74 Å². The van der Waals surface area contributed by atoms with E-state index < -0.39 is 0 Å². The van der Waals surface area contributed by atoms with Crippen molar-refractivity contribution in [3.05, 3.63) is 54.1 Å². The molecule has 6 heteroatoms. The number of hydrogen-bond donors (Lipinski definition) is 2. The maximum Gasteiger partial charge on any atom is 0.191 e. The second-order valence-corrected chi connectivity index (χ2v) is 5.59. The van der Waals surface area contributed by atoms with E-state index in [0.29, 0.717) is 5.11 Å². The molecule has 114 valence electrons. The van der Waals surface area contributed by atoms with Gasteiger partial charge in [0.1, 0.15) is 5.75 Å². The number of hydrazone groups is 1. The van der Waals surface area contributed by atoms with Crippen LogP contribution in [0.1, 0.15) is 5.56 Å². The molecule has 0 fully saturated rings. The SMILES string of the molecule is COc1ccccc1NC(=S)N/N=C/c1ccc(SC)cc1. The summed E-state index contributed by atoms with van der Waals surface area (Å²) in [5, 5.41) is 7.57. The highest BCUT2D eigenvalue weighted by atomic mass is 32.2. The number of hydrogen-bond acceptors (Lipinski definition) is 4. The van der Waals surface area contributed by atoms with Gasteiger partial charge in [0.25, 0.3) is 0 Å². The summed E-state index contributed by atoms with van der Waals surface area (Å²) in [7, 11) is 1.62. The normalized spacial score (nSPS) is 10.5. The second-order valence-electron chi connectivity index (χ2n) is 4.30. The number of anilines is 1. The summed E-state index contributed by atoms with van der Waals surface area (Å²) in [6, 6.07) is 15.7. The van der Waals surface area contributed by atoms with E-state index in [2.05, 4.69) is 28.0 Å². The molecule has 0 bridgehead atoms. The van der Waals surface area contributed by atoms with Gasteiger partial charge in [0.05, 0.1) is 19.0 Å². The first-order chi connectivity index (χ1) is 10.7. The molecule has 0 aliphatic carbocycles. The van der Waals surface area contributed by atoms with Crippen LogP contribution in [0.15, 0.2) is 58.5 Å². The van der Waals surface area contributed by atoms with E-state index in [0.717, 1.165) is 17.0 Å². The first-order valence-electron chi connectivity index (χ1n) is 6.60. The molecule has 0 unspecified atom stereocenters. The number of benzene rings is 2. The minimum absolute atomic E-state index is 0.404. The monoisotopic (exact) mass is 331 g/mol. The summed E-state index contributed by atoms with van der Waals surface area (Å²) >= 11 is 6.91. The Hall–Kier alpha value is -2.05. The summed E-state index contributed by atoms with van der Waals surface area (Å²) < 4.78 is 5.25. The summed E-state index contributed by atoms with van der Waals surface area (Å²) in [5.41, 5.74) is 4.59. The van der Waals surface area contributed by atoms with Crippen LogP contribution in [0.25, 0.3) is 0 Å². The van der Waals surface area contributed by atoms with E-state index in [4.69, 9.17) is 17.0 Å². The molecule has 22 heavy (non-hydrogen) atoms. The summed E-state index contributed by atoms with van der Waals surface area (Å²) in [5.74, 6) is 0.725. The Labute approximate surface area is 140 Å². The molecule has 4 nitrogen and oxygen atoms in total. The third kappa shape index (κ3) is 4.75. The van der Waals surface area contributed by atoms with Gasteiger partial charge in [0.2, 0.25) is 0 Å². The maximum absolute atomic E-state index is 5.25. The third-order valence-electron chi connectivity index (χ3n) is 2.85. The van der Waals surface area contributed by atoms with Crippen molar-refractivity contribution in [1.82, 2.24) is 5.43 Å². The number of para-hydroxylation sites is 2. The zero-order valence-electron chi connectivity index (χ0n) is 12.4. The van der Waals surface area contributed by atoms with Crippen LogP contribution >= 0.6 is 24.0 Å². The van der Waals surface area contributed by atoms with E-state index in [1.165, 1.54) is 4.90 Å². The van der Waals surface area contributed by atoms with Crippen LogP contribution in [-0.4, -0.2) is 24.7 Å². The highest BCUT2D eigenvalue weighted by Crippen LogP contribution is 2.22. The predicted octanol–water partition coefficient (Wildman–Crippen LogP) is 3.74. The fourth-order valence-electron chi connectivity index (χ4n) is 1.75. The molecule has 0 spiro atoms. The van der Waals surface area contributed by atoms with Crippen molar-refractivity contribution in [2.75, 3.05) is 18.7 Å². The lowest BCUT2D eigenvalue weighted by molar-refractivity contribution is 0.417. The van der Waals surface area contributed by atoms with Crippen molar-refractivity contribution in [2.24, 2.45) is 5.10 Å². The molecule has 2 N–H and O–H groups in total. The third-order valence-corrected chi connectivity index (χ3v) is 3.79. The lowest BCUT2D eigenvalue weighted by Crippen LogP contribution is -2.24. The summed E-state index contributed by atoms with van der Waals surface area (Å²) in [6.45, 7) is 0. The average molecular weight is 331 g/mol. The van der Waals surface area contributed by atoms with Gasteiger partial charge in [-0.15, -0.1) is 11.8 Å². The first-order valence-corrected chi connectivity index (χ1v) is 8.23. The molecule has 0 saturated heterocycles. The van der Waals surface area contributed by atoms with Gasteiger partial charge in [-0.05, 0) is 48.3 Å². The van der Waals surface area contributed by atoms with Crippen molar-refractivity contribution in [2.45, 2.75) is 4.90 Å². The first kappa shape index (κ1) is 16.3. The zero-order chi connectivity index (χ0) is 15.8. The maximum atomic E-state index is 5.25. The van der Waals surface area contributed by atoms with Crippen molar-refractivity contribution in [3.8, 4) is 5.75 Å². The Morgan fingerprint density at radius 3 is 2.59 bits per heavy atom. The van der Waals surface area contributed by atoms with E-state index >= 15 is 0 Å². The lowest BCUT2D eigenvalue weighted by Gasteiger charge is -2.10. The van der Waals surface area contributed by atoms with Crippen molar-refractivity contribution in [3.63, 3.8) is 0 Å². The molecule has 2 aromatic rings. The van der Waals surface area contributed by atoms with Crippen LogP contribution in [0.2, 0.25) is 0 Å². The van der Waals surface area contributed by atoms with E-state index in [1.54, 1.807) is 25.1 Å². The van der Waals surface area contributed by atoms with E-state index in [1.807, 2.05) is 42.7 Å². The van der Waals surface area contributed by atoms with Crippen LogP contribution in [0.3, 0.4) is 0 Å². The number of thiocarbonyl (C=S) groups is 1. The van der Waals surface area contributed by atoms with Crippen molar-refractivity contribution in [1.29, 1.82) is 0 Å². The van der Waals surface area contributed by atoms with Crippen LogP contribution < -0.4 is 15.5 Å². The molecule has 0 atom stereocenters. The molecule has 0 amide bonds. The molecule has 0 aromatic heterocycles. The number of thioether (sulfide) groups is 1. The predicted molar refractivity (Wildman–Crippen MR) is 98.2 cm³/mol. The zero-order valence-corrected chi connectivity index (χ0v) is 14.0.